The van der Waals surface area contributed by atoms with Gasteiger partial charge < -0.3 is 14.6 Å². The van der Waals surface area contributed by atoms with Gasteiger partial charge in [0.25, 0.3) is 5.56 Å². The molecule has 1 amide bonds. The Hall–Kier alpha value is -2.58. The molecule has 0 bridgehead atoms. The highest BCUT2D eigenvalue weighted by Gasteiger charge is 2.26. The van der Waals surface area contributed by atoms with Gasteiger partial charge in [-0.15, -0.1) is 6.58 Å². The molecule has 0 saturated carbocycles. The van der Waals surface area contributed by atoms with E-state index in [4.69, 9.17) is 9.72 Å². The number of amides is 1. The fourth-order valence-corrected chi connectivity index (χ4v) is 4.68. The number of thioether (sulfide) groups is 1. The topological polar surface area (TPSA) is 80.2 Å². The van der Waals surface area contributed by atoms with Gasteiger partial charge in [-0.1, -0.05) is 36.0 Å². The molecule has 1 fully saturated rings. The molecule has 0 unspecified atom stereocenters. The number of nitrogens with zero attached hydrogens (tertiary/aromatic N) is 3. The zero-order chi connectivity index (χ0) is 20.5. The van der Waals surface area contributed by atoms with Gasteiger partial charge in [-0.25, -0.2) is 4.98 Å². The summed E-state index contributed by atoms with van der Waals surface area (Å²) in [6, 6.07) is 7.70. The van der Waals surface area contributed by atoms with Gasteiger partial charge in [0.1, 0.15) is 11.0 Å². The molecule has 2 aromatic heterocycles. The molecule has 1 aliphatic rings. The van der Waals surface area contributed by atoms with E-state index in [2.05, 4.69) is 11.6 Å². The largest absolute Gasteiger partial charge is 0.372 e. The Morgan fingerprint density at radius 3 is 2.79 bits per heavy atom. The molecule has 152 valence electrons. The summed E-state index contributed by atoms with van der Waals surface area (Å²) in [4.78, 5) is 35.5. The SMILES string of the molecule is C=CCn1c(SCC(=O)N2C[C@@H](C)O[C@H](C)C2)nc2c([nH]c3ccccc32)c1=O. The Labute approximate surface area is 172 Å². The minimum Gasteiger partial charge on any atom is -0.372 e. The first-order valence-corrected chi connectivity index (χ1v) is 10.6. The number of carbonyl (C=O) groups is 1. The molecule has 1 aromatic carbocycles. The second-order valence-electron chi connectivity index (χ2n) is 7.34. The minimum absolute atomic E-state index is 0.0207. The van der Waals surface area contributed by atoms with Crippen molar-refractivity contribution < 1.29 is 9.53 Å². The highest BCUT2D eigenvalue weighted by atomic mass is 32.2. The van der Waals surface area contributed by atoms with Crippen molar-refractivity contribution in [2.75, 3.05) is 18.8 Å². The first-order chi connectivity index (χ1) is 14.0. The van der Waals surface area contributed by atoms with Crippen LogP contribution in [-0.2, 0) is 16.1 Å². The first-order valence-electron chi connectivity index (χ1n) is 9.66. The van der Waals surface area contributed by atoms with E-state index in [1.807, 2.05) is 43.0 Å². The van der Waals surface area contributed by atoms with Crippen molar-refractivity contribution in [1.82, 2.24) is 19.4 Å². The summed E-state index contributed by atoms with van der Waals surface area (Å²) in [5, 5.41) is 1.42. The lowest BCUT2D eigenvalue weighted by Crippen LogP contribution is -2.48. The molecular weight excluding hydrogens is 388 g/mol. The molecule has 1 saturated heterocycles. The summed E-state index contributed by atoms with van der Waals surface area (Å²) in [7, 11) is 0. The van der Waals surface area contributed by atoms with Crippen molar-refractivity contribution in [3.8, 4) is 0 Å². The Bertz CT molecular complexity index is 1130. The summed E-state index contributed by atoms with van der Waals surface area (Å²) in [6.45, 7) is 9.18. The number of hydrogen-bond donors (Lipinski definition) is 1. The Morgan fingerprint density at radius 2 is 2.07 bits per heavy atom. The van der Waals surface area contributed by atoms with Crippen LogP contribution < -0.4 is 5.56 Å². The molecule has 3 aromatic rings. The molecule has 0 aliphatic carbocycles. The van der Waals surface area contributed by atoms with Crippen molar-refractivity contribution in [3.05, 3.63) is 47.3 Å². The molecule has 7 nitrogen and oxygen atoms in total. The highest BCUT2D eigenvalue weighted by Crippen LogP contribution is 2.25. The van der Waals surface area contributed by atoms with Crippen molar-refractivity contribution in [2.24, 2.45) is 0 Å². The fraction of sp³-hybridized carbons (Fsp3) is 0.381. The number of carbonyl (C=O) groups excluding carboxylic acids is 1. The van der Waals surface area contributed by atoms with Crippen LogP contribution in [0.5, 0.6) is 0 Å². The van der Waals surface area contributed by atoms with Crippen molar-refractivity contribution in [2.45, 2.75) is 37.8 Å². The monoisotopic (exact) mass is 412 g/mol. The molecule has 2 atom stereocenters. The van der Waals surface area contributed by atoms with E-state index >= 15 is 0 Å². The summed E-state index contributed by atoms with van der Waals surface area (Å²) in [5.41, 5.74) is 1.82. The quantitative estimate of drug-likeness (QED) is 0.396. The standard InChI is InChI=1S/C21H24N4O3S/c1-4-9-25-20(27)19-18(15-7-5-6-8-16(15)22-19)23-21(25)29-12-17(26)24-10-13(2)28-14(3)11-24/h4-8,13-14,22H,1,9-12H2,2-3H3/t13-,14-/m1/s1. The van der Waals surface area contributed by atoms with Gasteiger partial charge in [0, 0.05) is 30.5 Å². The number of para-hydroxylation sites is 1. The average Bonchev–Trinajstić information content (AvgIpc) is 3.07. The van der Waals surface area contributed by atoms with Gasteiger partial charge >= 0.3 is 0 Å². The van der Waals surface area contributed by atoms with Gasteiger partial charge in [0.15, 0.2) is 5.16 Å². The summed E-state index contributed by atoms with van der Waals surface area (Å²) in [6.07, 6.45) is 1.70. The van der Waals surface area contributed by atoms with E-state index in [-0.39, 0.29) is 29.4 Å². The van der Waals surface area contributed by atoms with E-state index < -0.39 is 0 Å². The number of fused-ring (bicyclic) bond motifs is 3. The van der Waals surface area contributed by atoms with Crippen LogP contribution in [0.3, 0.4) is 0 Å². The lowest BCUT2D eigenvalue weighted by Gasteiger charge is -2.35. The predicted octanol–water partition coefficient (Wildman–Crippen LogP) is 2.79. The lowest BCUT2D eigenvalue weighted by atomic mass is 10.2. The summed E-state index contributed by atoms with van der Waals surface area (Å²) in [5.74, 6) is 0.243. The number of nitrogens with one attached hydrogen (secondary N) is 1. The van der Waals surface area contributed by atoms with E-state index in [0.29, 0.717) is 35.8 Å². The Balaban J connectivity index is 1.66. The van der Waals surface area contributed by atoms with Crippen molar-refractivity contribution in [1.29, 1.82) is 0 Å². The minimum atomic E-state index is -0.158. The van der Waals surface area contributed by atoms with Crippen LogP contribution in [0.1, 0.15) is 13.8 Å². The number of hydrogen-bond acceptors (Lipinski definition) is 5. The van der Waals surface area contributed by atoms with Crippen LogP contribution in [0.25, 0.3) is 21.9 Å². The molecular formula is C21H24N4O3S. The maximum Gasteiger partial charge on any atom is 0.278 e. The van der Waals surface area contributed by atoms with Crippen LogP contribution in [0.2, 0.25) is 0 Å². The van der Waals surface area contributed by atoms with Gasteiger partial charge in [0.05, 0.1) is 18.0 Å². The highest BCUT2D eigenvalue weighted by molar-refractivity contribution is 7.99. The predicted molar refractivity (Wildman–Crippen MR) is 115 cm³/mol. The Morgan fingerprint density at radius 1 is 1.34 bits per heavy atom. The van der Waals surface area contributed by atoms with Gasteiger partial charge in [-0.3, -0.25) is 14.2 Å². The first kappa shape index (κ1) is 19.7. The van der Waals surface area contributed by atoms with Gasteiger partial charge in [-0.05, 0) is 19.9 Å². The molecule has 8 heteroatoms. The molecule has 0 spiro atoms. The maximum absolute atomic E-state index is 13.1. The molecule has 4 rings (SSSR count). The number of aromatic amines is 1. The zero-order valence-corrected chi connectivity index (χ0v) is 17.4. The number of allylic oxidation sites excluding steroid dienone is 1. The van der Waals surface area contributed by atoms with E-state index in [1.54, 1.807) is 10.6 Å². The van der Waals surface area contributed by atoms with E-state index in [9.17, 15) is 9.59 Å². The van der Waals surface area contributed by atoms with Crippen LogP contribution in [0.4, 0.5) is 0 Å². The second-order valence-corrected chi connectivity index (χ2v) is 8.28. The summed E-state index contributed by atoms with van der Waals surface area (Å²) >= 11 is 1.29. The van der Waals surface area contributed by atoms with Crippen LogP contribution >= 0.6 is 11.8 Å². The summed E-state index contributed by atoms with van der Waals surface area (Å²) < 4.78 is 7.27. The van der Waals surface area contributed by atoms with Crippen molar-refractivity contribution >= 4 is 39.6 Å². The number of benzene rings is 1. The normalized spacial score (nSPS) is 19.7. The van der Waals surface area contributed by atoms with Crippen molar-refractivity contribution in [3.63, 3.8) is 0 Å². The smallest absolute Gasteiger partial charge is 0.278 e. The third-order valence-corrected chi connectivity index (χ3v) is 5.95. The fourth-order valence-electron chi connectivity index (χ4n) is 3.78. The van der Waals surface area contributed by atoms with E-state index in [1.165, 1.54) is 11.8 Å². The Kier molecular flexibility index (Phi) is 5.47. The number of H-pyrrole nitrogens is 1. The molecule has 29 heavy (non-hydrogen) atoms. The number of morpholine rings is 1. The number of rotatable bonds is 5. The number of ether oxygens (including phenoxy) is 1. The second kappa shape index (κ2) is 8.04. The lowest BCUT2D eigenvalue weighted by molar-refractivity contribution is -0.140. The van der Waals surface area contributed by atoms with Crippen LogP contribution in [0.15, 0.2) is 46.9 Å². The molecule has 0 radical (unpaired) electrons. The molecule has 3 heterocycles. The van der Waals surface area contributed by atoms with Gasteiger partial charge in [0.2, 0.25) is 5.91 Å². The van der Waals surface area contributed by atoms with E-state index in [0.717, 1.165) is 10.9 Å². The van der Waals surface area contributed by atoms with Crippen LogP contribution in [0, 0.1) is 0 Å². The number of aromatic nitrogens is 3. The van der Waals surface area contributed by atoms with Crippen LogP contribution in [-0.4, -0.2) is 56.4 Å². The maximum atomic E-state index is 13.1. The van der Waals surface area contributed by atoms with Gasteiger partial charge in [-0.2, -0.15) is 0 Å². The zero-order valence-electron chi connectivity index (χ0n) is 16.6. The third kappa shape index (κ3) is 3.82. The molecule has 1 N–H and O–H groups in total. The average molecular weight is 413 g/mol. The third-order valence-electron chi connectivity index (χ3n) is 4.98. The molecule has 1 aliphatic heterocycles.